The fourth-order valence-corrected chi connectivity index (χ4v) is 3.03. The number of hydrogen-bond acceptors (Lipinski definition) is 4. The first kappa shape index (κ1) is 12.5. The van der Waals surface area contributed by atoms with Gasteiger partial charge in [-0.25, -0.2) is 4.98 Å². The molecule has 0 spiro atoms. The molecule has 17 heavy (non-hydrogen) atoms. The third kappa shape index (κ3) is 3.04. The minimum atomic E-state index is -0.672. The summed E-state index contributed by atoms with van der Waals surface area (Å²) in [5.74, 6) is 0.513. The second-order valence-electron chi connectivity index (χ2n) is 4.97. The number of aromatic nitrogens is 1. The molecule has 94 valence electrons. The zero-order valence-electron chi connectivity index (χ0n) is 10.1. The molecule has 2 atom stereocenters. The summed E-state index contributed by atoms with van der Waals surface area (Å²) in [6.07, 6.45) is 5.55. The molecule has 1 heterocycles. The van der Waals surface area contributed by atoms with Crippen LogP contribution in [0, 0.1) is 5.92 Å². The van der Waals surface area contributed by atoms with Gasteiger partial charge in [-0.1, -0.05) is 19.8 Å². The van der Waals surface area contributed by atoms with Crippen molar-refractivity contribution in [3.05, 3.63) is 16.6 Å². The minimum absolute atomic E-state index is 0.0285. The summed E-state index contributed by atoms with van der Waals surface area (Å²) in [4.78, 5) is 16.2. The van der Waals surface area contributed by atoms with E-state index in [0.29, 0.717) is 12.5 Å². The molecule has 0 aromatic carbocycles. The molecule has 0 saturated heterocycles. The number of carbonyl (C=O) groups excluding carboxylic acids is 1. The monoisotopic (exact) mass is 253 g/mol. The molecule has 1 aromatic heterocycles. The summed E-state index contributed by atoms with van der Waals surface area (Å²) < 4.78 is 0. The van der Waals surface area contributed by atoms with Crippen molar-refractivity contribution in [3.63, 3.8) is 0 Å². The minimum Gasteiger partial charge on any atom is -0.348 e. The predicted molar refractivity (Wildman–Crippen MR) is 68.5 cm³/mol. The Morgan fingerprint density at radius 3 is 3.24 bits per heavy atom. The fourth-order valence-electron chi connectivity index (χ4n) is 2.47. The van der Waals surface area contributed by atoms with E-state index in [-0.39, 0.29) is 5.91 Å². The van der Waals surface area contributed by atoms with Crippen LogP contribution in [0.1, 0.15) is 37.6 Å². The highest BCUT2D eigenvalue weighted by atomic mass is 32.1. The van der Waals surface area contributed by atoms with Crippen molar-refractivity contribution in [3.8, 4) is 0 Å². The van der Waals surface area contributed by atoms with Gasteiger partial charge in [-0.15, -0.1) is 11.3 Å². The van der Waals surface area contributed by atoms with Crippen LogP contribution in [0.2, 0.25) is 0 Å². The smallest absolute Gasteiger partial charge is 0.240 e. The summed E-state index contributed by atoms with van der Waals surface area (Å²) in [6, 6.07) is 0. The number of thiazole rings is 1. The summed E-state index contributed by atoms with van der Waals surface area (Å²) >= 11 is 1.54. The van der Waals surface area contributed by atoms with Crippen LogP contribution in [-0.4, -0.2) is 16.4 Å². The van der Waals surface area contributed by atoms with Crippen LogP contribution in [0.3, 0.4) is 0 Å². The maximum absolute atomic E-state index is 12.1. The molecule has 0 radical (unpaired) electrons. The molecular weight excluding hydrogens is 234 g/mol. The summed E-state index contributed by atoms with van der Waals surface area (Å²) in [6.45, 7) is 2.65. The van der Waals surface area contributed by atoms with Gasteiger partial charge in [-0.2, -0.15) is 0 Å². The Labute approximate surface area is 106 Å². The number of nitrogens with zero attached hydrogens (tertiary/aromatic N) is 1. The largest absolute Gasteiger partial charge is 0.348 e. The molecule has 0 aliphatic heterocycles. The van der Waals surface area contributed by atoms with Crippen LogP contribution in [0.15, 0.2) is 11.6 Å². The van der Waals surface area contributed by atoms with Gasteiger partial charge in [0.05, 0.1) is 12.1 Å². The molecule has 0 bridgehead atoms. The number of nitrogens with two attached hydrogens (primary N) is 1. The second kappa shape index (κ2) is 5.14. The molecule has 1 aliphatic carbocycles. The van der Waals surface area contributed by atoms with Gasteiger partial charge in [-0.05, 0) is 18.8 Å². The molecule has 1 saturated carbocycles. The SMILES string of the molecule is CC1CCCC(N)(C(=O)NCc2nccs2)C1. The molecule has 5 heteroatoms. The topological polar surface area (TPSA) is 68.0 Å². The van der Waals surface area contributed by atoms with Crippen molar-refractivity contribution < 1.29 is 4.79 Å². The normalized spacial score (nSPS) is 28.9. The average Bonchev–Trinajstić information content (AvgIpc) is 2.78. The van der Waals surface area contributed by atoms with Crippen LogP contribution in [0.25, 0.3) is 0 Å². The zero-order valence-corrected chi connectivity index (χ0v) is 10.9. The van der Waals surface area contributed by atoms with Crippen molar-refractivity contribution in [2.45, 2.75) is 44.7 Å². The zero-order chi connectivity index (χ0) is 12.3. The molecule has 1 fully saturated rings. The lowest BCUT2D eigenvalue weighted by atomic mass is 9.76. The van der Waals surface area contributed by atoms with E-state index in [4.69, 9.17) is 5.73 Å². The summed E-state index contributed by atoms with van der Waals surface area (Å²) in [5.41, 5.74) is 5.53. The number of carbonyl (C=O) groups is 1. The summed E-state index contributed by atoms with van der Waals surface area (Å²) in [5, 5.41) is 5.73. The van der Waals surface area contributed by atoms with Crippen LogP contribution in [0.5, 0.6) is 0 Å². The Bertz CT molecular complexity index is 379. The second-order valence-corrected chi connectivity index (χ2v) is 5.95. The van der Waals surface area contributed by atoms with Crippen molar-refractivity contribution >= 4 is 17.2 Å². The van der Waals surface area contributed by atoms with Gasteiger partial charge in [0, 0.05) is 11.6 Å². The van der Waals surface area contributed by atoms with Gasteiger partial charge in [0.25, 0.3) is 0 Å². The van der Waals surface area contributed by atoms with Crippen LogP contribution >= 0.6 is 11.3 Å². The van der Waals surface area contributed by atoms with E-state index in [9.17, 15) is 4.79 Å². The quantitative estimate of drug-likeness (QED) is 0.861. The molecule has 2 unspecified atom stereocenters. The van der Waals surface area contributed by atoms with E-state index >= 15 is 0 Å². The number of rotatable bonds is 3. The molecule has 3 N–H and O–H groups in total. The van der Waals surface area contributed by atoms with E-state index in [1.54, 1.807) is 17.5 Å². The van der Waals surface area contributed by atoms with Gasteiger partial charge in [0.15, 0.2) is 0 Å². The lowest BCUT2D eigenvalue weighted by Crippen LogP contribution is -2.56. The molecule has 2 rings (SSSR count). The van der Waals surface area contributed by atoms with Gasteiger partial charge >= 0.3 is 0 Å². The molecule has 4 nitrogen and oxygen atoms in total. The maximum atomic E-state index is 12.1. The first-order valence-corrected chi connectivity index (χ1v) is 6.94. The fraction of sp³-hybridized carbons (Fsp3) is 0.667. The Morgan fingerprint density at radius 1 is 1.76 bits per heavy atom. The van der Waals surface area contributed by atoms with Crippen molar-refractivity contribution in [2.24, 2.45) is 11.7 Å². The first-order chi connectivity index (χ1) is 8.10. The van der Waals surface area contributed by atoms with Crippen molar-refractivity contribution in [2.75, 3.05) is 0 Å². The Kier molecular flexibility index (Phi) is 3.79. The highest BCUT2D eigenvalue weighted by Crippen LogP contribution is 2.30. The van der Waals surface area contributed by atoms with E-state index in [1.807, 2.05) is 5.38 Å². The Morgan fingerprint density at radius 2 is 2.59 bits per heavy atom. The number of hydrogen-bond donors (Lipinski definition) is 2. The molecule has 1 aromatic rings. The van der Waals surface area contributed by atoms with Crippen molar-refractivity contribution in [1.82, 2.24) is 10.3 Å². The summed E-state index contributed by atoms with van der Waals surface area (Å²) in [7, 11) is 0. The predicted octanol–water partition coefficient (Wildman–Crippen LogP) is 1.67. The van der Waals surface area contributed by atoms with Crippen molar-refractivity contribution in [1.29, 1.82) is 0 Å². The highest BCUT2D eigenvalue weighted by molar-refractivity contribution is 7.09. The van der Waals surface area contributed by atoms with E-state index < -0.39 is 5.54 Å². The third-order valence-electron chi connectivity index (χ3n) is 3.37. The standard InChI is InChI=1S/C12H19N3OS/c1-9-3-2-4-12(13,7-9)11(16)15-8-10-14-5-6-17-10/h5-6,9H,2-4,7-8,13H2,1H3,(H,15,16). The van der Waals surface area contributed by atoms with E-state index in [2.05, 4.69) is 17.2 Å². The first-order valence-electron chi connectivity index (χ1n) is 6.06. The van der Waals surface area contributed by atoms with Crippen LogP contribution in [0.4, 0.5) is 0 Å². The number of nitrogens with one attached hydrogen (secondary N) is 1. The number of amides is 1. The third-order valence-corrected chi connectivity index (χ3v) is 4.15. The maximum Gasteiger partial charge on any atom is 0.240 e. The van der Waals surface area contributed by atoms with E-state index in [1.165, 1.54) is 6.42 Å². The van der Waals surface area contributed by atoms with Gasteiger partial charge in [-0.3, -0.25) is 4.79 Å². The van der Waals surface area contributed by atoms with Crippen LogP contribution < -0.4 is 11.1 Å². The van der Waals surface area contributed by atoms with Gasteiger partial charge < -0.3 is 11.1 Å². The van der Waals surface area contributed by atoms with Gasteiger partial charge in [0.1, 0.15) is 5.01 Å². The molecular formula is C12H19N3OS. The average molecular weight is 253 g/mol. The van der Waals surface area contributed by atoms with Crippen LogP contribution in [-0.2, 0) is 11.3 Å². The molecule has 1 aliphatic rings. The van der Waals surface area contributed by atoms with E-state index in [0.717, 1.165) is 24.3 Å². The highest BCUT2D eigenvalue weighted by Gasteiger charge is 2.37. The lowest BCUT2D eigenvalue weighted by molar-refractivity contribution is -0.128. The Hall–Kier alpha value is -0.940. The Balaban J connectivity index is 1.90. The molecule has 1 amide bonds. The lowest BCUT2D eigenvalue weighted by Gasteiger charge is -2.35. The van der Waals surface area contributed by atoms with Gasteiger partial charge in [0.2, 0.25) is 5.91 Å².